The lowest BCUT2D eigenvalue weighted by atomic mass is 10.1. The van der Waals surface area contributed by atoms with Gasteiger partial charge in [0.1, 0.15) is 0 Å². The molecule has 1 heterocycles. The van der Waals surface area contributed by atoms with Crippen LogP contribution in [0.4, 0.5) is 4.79 Å². The van der Waals surface area contributed by atoms with E-state index < -0.39 is 0 Å². The minimum atomic E-state index is -0.0770. The van der Waals surface area contributed by atoms with Crippen molar-refractivity contribution in [3.05, 3.63) is 63.4 Å². The fraction of sp³-hybridized carbons (Fsp3) is 0.400. The molecule has 26 heavy (non-hydrogen) atoms. The van der Waals surface area contributed by atoms with Crippen molar-refractivity contribution in [1.82, 2.24) is 15.2 Å². The number of aryl methyl sites for hydroxylation is 1. The first-order valence-corrected chi connectivity index (χ1v) is 9.64. The molecule has 0 radical (unpaired) electrons. The van der Waals surface area contributed by atoms with E-state index in [0.717, 1.165) is 29.8 Å². The number of nitrogens with zero attached hydrogens (tertiary/aromatic N) is 2. The molecule has 1 N–H and O–H groups in total. The van der Waals surface area contributed by atoms with E-state index in [1.807, 2.05) is 37.3 Å². The Kier molecular flexibility index (Phi) is 8.20. The number of aromatic nitrogens is 1. The highest BCUT2D eigenvalue weighted by Crippen LogP contribution is 2.21. The van der Waals surface area contributed by atoms with Gasteiger partial charge < -0.3 is 10.2 Å². The van der Waals surface area contributed by atoms with Crippen LogP contribution in [0.15, 0.2) is 36.4 Å². The molecule has 1 aromatic heterocycles. The molecule has 1 aromatic carbocycles. The molecule has 0 aliphatic carbocycles. The minimum Gasteiger partial charge on any atom is -0.338 e. The molecule has 0 bridgehead atoms. The van der Waals surface area contributed by atoms with Gasteiger partial charge in [-0.1, -0.05) is 48.7 Å². The van der Waals surface area contributed by atoms with Gasteiger partial charge in [0.2, 0.25) is 0 Å². The second kappa shape index (κ2) is 10.4. The van der Waals surface area contributed by atoms with Crippen molar-refractivity contribution in [2.75, 3.05) is 13.1 Å². The van der Waals surface area contributed by atoms with Gasteiger partial charge in [-0.25, -0.2) is 4.79 Å². The number of rotatable bonds is 8. The normalized spacial score (nSPS) is 10.6. The monoisotopic (exact) mass is 393 g/mol. The van der Waals surface area contributed by atoms with Crippen LogP contribution in [0.1, 0.15) is 36.7 Å². The number of carbonyl (C=O) groups excluding carboxylic acids is 1. The van der Waals surface area contributed by atoms with Gasteiger partial charge in [-0.15, -0.1) is 0 Å². The number of unbranched alkanes of at least 4 members (excludes halogenated alkanes) is 1. The first-order chi connectivity index (χ1) is 12.5. The largest absolute Gasteiger partial charge is 0.338 e. The molecule has 0 atom stereocenters. The molecular formula is C20H25Cl2N3O. The quantitative estimate of drug-likeness (QED) is 0.622. The Morgan fingerprint density at radius 2 is 2.04 bits per heavy atom. The zero-order chi connectivity index (χ0) is 18.9. The smallest absolute Gasteiger partial charge is 0.317 e. The fourth-order valence-electron chi connectivity index (χ4n) is 2.60. The summed E-state index contributed by atoms with van der Waals surface area (Å²) in [5, 5.41) is 4.21. The first-order valence-electron chi connectivity index (χ1n) is 8.89. The summed E-state index contributed by atoms with van der Waals surface area (Å²) in [5.41, 5.74) is 2.78. The van der Waals surface area contributed by atoms with E-state index in [-0.39, 0.29) is 6.03 Å². The lowest BCUT2D eigenvalue weighted by Gasteiger charge is -2.23. The summed E-state index contributed by atoms with van der Waals surface area (Å²) in [6.07, 6.45) is 2.66. The van der Waals surface area contributed by atoms with Crippen LogP contribution in [0, 0.1) is 6.92 Å². The van der Waals surface area contributed by atoms with Gasteiger partial charge in [-0.2, -0.15) is 0 Å². The van der Waals surface area contributed by atoms with Gasteiger partial charge >= 0.3 is 6.03 Å². The summed E-state index contributed by atoms with van der Waals surface area (Å²) in [7, 11) is 0. The van der Waals surface area contributed by atoms with Crippen LogP contribution in [0.5, 0.6) is 0 Å². The zero-order valence-corrected chi connectivity index (χ0v) is 16.8. The minimum absolute atomic E-state index is 0.0770. The molecule has 0 saturated heterocycles. The molecule has 0 unspecified atom stereocenters. The Labute approximate surface area is 165 Å². The first kappa shape index (κ1) is 20.5. The maximum Gasteiger partial charge on any atom is 0.317 e. The molecule has 0 aliphatic rings. The summed E-state index contributed by atoms with van der Waals surface area (Å²) in [6.45, 7) is 5.74. The lowest BCUT2D eigenvalue weighted by Crippen LogP contribution is -2.41. The van der Waals surface area contributed by atoms with Crippen molar-refractivity contribution in [2.45, 2.75) is 39.7 Å². The molecule has 0 fully saturated rings. The van der Waals surface area contributed by atoms with Crippen molar-refractivity contribution in [2.24, 2.45) is 0 Å². The third-order valence-electron chi connectivity index (χ3n) is 4.06. The maximum absolute atomic E-state index is 12.6. The maximum atomic E-state index is 12.6. The highest BCUT2D eigenvalue weighted by Gasteiger charge is 2.15. The molecule has 6 heteroatoms. The average molecular weight is 394 g/mol. The summed E-state index contributed by atoms with van der Waals surface area (Å²) in [5.74, 6) is 0. The third kappa shape index (κ3) is 6.50. The second-order valence-corrected chi connectivity index (χ2v) is 7.11. The fourth-order valence-corrected chi connectivity index (χ4v) is 3.10. The van der Waals surface area contributed by atoms with E-state index >= 15 is 0 Å². The van der Waals surface area contributed by atoms with E-state index in [9.17, 15) is 4.79 Å². The summed E-state index contributed by atoms with van der Waals surface area (Å²) < 4.78 is 0. The number of pyridine rings is 1. The van der Waals surface area contributed by atoms with Crippen molar-refractivity contribution in [3.63, 3.8) is 0 Å². The van der Waals surface area contributed by atoms with Crippen molar-refractivity contribution in [3.8, 4) is 0 Å². The molecule has 0 saturated carbocycles. The van der Waals surface area contributed by atoms with Gasteiger partial charge in [-0.05, 0) is 49.6 Å². The van der Waals surface area contributed by atoms with Crippen LogP contribution >= 0.6 is 23.2 Å². The Morgan fingerprint density at radius 1 is 1.23 bits per heavy atom. The topological polar surface area (TPSA) is 45.2 Å². The van der Waals surface area contributed by atoms with Crippen LogP contribution in [0.2, 0.25) is 10.0 Å². The summed E-state index contributed by atoms with van der Waals surface area (Å²) in [4.78, 5) is 18.9. The highest BCUT2D eigenvalue weighted by atomic mass is 35.5. The van der Waals surface area contributed by atoms with Crippen LogP contribution in [0.25, 0.3) is 0 Å². The lowest BCUT2D eigenvalue weighted by molar-refractivity contribution is 0.195. The van der Waals surface area contributed by atoms with Crippen molar-refractivity contribution in [1.29, 1.82) is 0 Å². The SMILES string of the molecule is CCCCNC(=O)N(CCc1ccc(Cl)cc1Cl)Cc1cccc(C)n1. The number of hydrogen-bond acceptors (Lipinski definition) is 2. The predicted octanol–water partition coefficient (Wildman–Crippen LogP) is 5.25. The number of urea groups is 1. The standard InChI is InChI=1S/C20H25Cl2N3O/c1-3-4-11-23-20(26)25(14-18-7-5-6-15(2)24-18)12-10-16-8-9-17(21)13-19(16)22/h5-9,13H,3-4,10-12,14H2,1-2H3,(H,23,26). The number of benzene rings is 1. The van der Waals surface area contributed by atoms with Gasteiger partial charge in [-0.3, -0.25) is 4.98 Å². The summed E-state index contributed by atoms with van der Waals surface area (Å²) in [6, 6.07) is 11.2. The van der Waals surface area contributed by atoms with Crippen LogP contribution in [-0.4, -0.2) is 29.0 Å². The third-order valence-corrected chi connectivity index (χ3v) is 4.65. The molecule has 0 spiro atoms. The average Bonchev–Trinajstić information content (AvgIpc) is 2.60. The van der Waals surface area contributed by atoms with Gasteiger partial charge in [0.15, 0.2) is 0 Å². The van der Waals surface area contributed by atoms with Crippen LogP contribution in [0.3, 0.4) is 0 Å². The van der Waals surface area contributed by atoms with Crippen molar-refractivity contribution >= 4 is 29.2 Å². The molecule has 2 rings (SSSR count). The molecular weight excluding hydrogens is 369 g/mol. The van der Waals surface area contributed by atoms with Crippen LogP contribution < -0.4 is 5.32 Å². The zero-order valence-electron chi connectivity index (χ0n) is 15.3. The number of hydrogen-bond donors (Lipinski definition) is 1. The Morgan fingerprint density at radius 3 is 2.73 bits per heavy atom. The Bertz CT molecular complexity index is 737. The predicted molar refractivity (Wildman–Crippen MR) is 108 cm³/mol. The van der Waals surface area contributed by atoms with E-state index in [0.29, 0.717) is 36.1 Å². The van der Waals surface area contributed by atoms with Gasteiger partial charge in [0.25, 0.3) is 0 Å². The number of amides is 2. The molecule has 0 aliphatic heterocycles. The summed E-state index contributed by atoms with van der Waals surface area (Å²) >= 11 is 12.2. The second-order valence-electron chi connectivity index (χ2n) is 6.26. The number of carbonyl (C=O) groups is 1. The Balaban J connectivity index is 2.07. The number of nitrogens with one attached hydrogen (secondary N) is 1. The van der Waals surface area contributed by atoms with E-state index in [1.165, 1.54) is 0 Å². The van der Waals surface area contributed by atoms with Gasteiger partial charge in [0.05, 0.1) is 12.2 Å². The number of halogens is 2. The van der Waals surface area contributed by atoms with Crippen LogP contribution in [-0.2, 0) is 13.0 Å². The van der Waals surface area contributed by atoms with Gasteiger partial charge in [0, 0.05) is 28.8 Å². The van der Waals surface area contributed by atoms with E-state index in [2.05, 4.69) is 17.2 Å². The van der Waals surface area contributed by atoms with E-state index in [1.54, 1.807) is 11.0 Å². The molecule has 2 aromatic rings. The molecule has 4 nitrogen and oxygen atoms in total. The Hall–Kier alpha value is -1.78. The molecule has 140 valence electrons. The molecule has 2 amide bonds. The highest BCUT2D eigenvalue weighted by molar-refractivity contribution is 6.35. The van der Waals surface area contributed by atoms with Crippen molar-refractivity contribution < 1.29 is 4.79 Å². The van der Waals surface area contributed by atoms with E-state index in [4.69, 9.17) is 23.2 Å².